The van der Waals surface area contributed by atoms with Gasteiger partial charge < -0.3 is 9.67 Å². The number of hydrogen-bond acceptors (Lipinski definition) is 2. The van der Waals surface area contributed by atoms with Crippen LogP contribution in [0.25, 0.3) is 11.3 Å². The summed E-state index contributed by atoms with van der Waals surface area (Å²) in [6.07, 6.45) is 0. The summed E-state index contributed by atoms with van der Waals surface area (Å²) in [5.74, 6) is 0.188. The number of aromatic hydroxyl groups is 1. The van der Waals surface area contributed by atoms with Gasteiger partial charge in [-0.2, -0.15) is 0 Å². The van der Waals surface area contributed by atoms with E-state index in [-0.39, 0.29) is 11.3 Å². The molecule has 1 aromatic heterocycles. The molecule has 0 amide bonds. The highest BCUT2D eigenvalue weighted by Gasteiger charge is 2.10. The molecule has 0 aliphatic carbocycles. The van der Waals surface area contributed by atoms with Crippen LogP contribution in [0.1, 0.15) is 6.92 Å². The normalized spacial score (nSPS) is 10.6. The molecule has 1 aromatic carbocycles. The van der Waals surface area contributed by atoms with Crippen LogP contribution in [0.2, 0.25) is 0 Å². The maximum absolute atomic E-state index is 12.0. The molecule has 0 saturated carbocycles. The van der Waals surface area contributed by atoms with Crippen LogP contribution in [0.4, 0.5) is 0 Å². The van der Waals surface area contributed by atoms with Gasteiger partial charge in [-0.05, 0) is 69.1 Å². The lowest BCUT2D eigenvalue weighted by molar-refractivity contribution is 0.475. The topological polar surface area (TPSA) is 42.2 Å². The van der Waals surface area contributed by atoms with E-state index in [9.17, 15) is 9.90 Å². The molecule has 0 aliphatic heterocycles. The van der Waals surface area contributed by atoms with Crippen molar-refractivity contribution >= 4 is 31.9 Å². The summed E-state index contributed by atoms with van der Waals surface area (Å²) in [7, 11) is 0. The third-order valence-electron chi connectivity index (χ3n) is 2.67. The first-order valence-corrected chi connectivity index (χ1v) is 7.01. The average molecular weight is 373 g/mol. The molecule has 94 valence electrons. The Morgan fingerprint density at radius 3 is 2.50 bits per heavy atom. The van der Waals surface area contributed by atoms with Crippen molar-refractivity contribution in [3.05, 3.63) is 49.6 Å². The summed E-state index contributed by atoms with van der Waals surface area (Å²) in [5, 5.41) is 9.40. The van der Waals surface area contributed by atoms with Crippen LogP contribution in [-0.2, 0) is 6.54 Å². The molecule has 3 nitrogen and oxygen atoms in total. The van der Waals surface area contributed by atoms with Crippen molar-refractivity contribution in [2.75, 3.05) is 0 Å². The fraction of sp³-hybridized carbons (Fsp3) is 0.154. The van der Waals surface area contributed by atoms with Crippen LogP contribution in [0.3, 0.4) is 0 Å². The first-order chi connectivity index (χ1) is 8.54. The Morgan fingerprint density at radius 1 is 1.17 bits per heavy atom. The minimum Gasteiger partial charge on any atom is -0.508 e. The van der Waals surface area contributed by atoms with Gasteiger partial charge in [0, 0.05) is 16.6 Å². The van der Waals surface area contributed by atoms with Crippen molar-refractivity contribution in [1.82, 2.24) is 4.57 Å². The van der Waals surface area contributed by atoms with E-state index in [1.54, 1.807) is 28.8 Å². The van der Waals surface area contributed by atoms with Crippen molar-refractivity contribution in [1.29, 1.82) is 0 Å². The molecule has 1 heterocycles. The maximum atomic E-state index is 12.0. The first-order valence-electron chi connectivity index (χ1n) is 5.42. The molecular formula is C13H11Br2NO2. The molecule has 0 saturated heterocycles. The highest BCUT2D eigenvalue weighted by molar-refractivity contribution is 9.10. The Morgan fingerprint density at radius 2 is 1.89 bits per heavy atom. The summed E-state index contributed by atoms with van der Waals surface area (Å²) >= 11 is 6.64. The minimum atomic E-state index is -0.0602. The fourth-order valence-electron chi connectivity index (χ4n) is 1.81. The Balaban J connectivity index is 2.71. The number of benzene rings is 1. The first kappa shape index (κ1) is 13.4. The monoisotopic (exact) mass is 371 g/mol. The van der Waals surface area contributed by atoms with Gasteiger partial charge >= 0.3 is 0 Å². The molecule has 0 fully saturated rings. The molecule has 0 unspecified atom stereocenters. The minimum absolute atomic E-state index is 0.0602. The van der Waals surface area contributed by atoms with E-state index in [0.717, 1.165) is 15.7 Å². The average Bonchev–Trinajstić information content (AvgIpc) is 2.33. The largest absolute Gasteiger partial charge is 0.508 e. The standard InChI is InChI=1S/C13H11Br2NO2/c1-2-16-12(6-5-10(14)13(16)18)9-4-3-8(17)7-11(9)15/h3-7,17H,2H2,1H3. The number of aromatic nitrogens is 1. The second-order valence-corrected chi connectivity index (χ2v) is 5.49. The predicted molar refractivity (Wildman–Crippen MR) is 78.9 cm³/mol. The van der Waals surface area contributed by atoms with Crippen LogP contribution < -0.4 is 5.56 Å². The van der Waals surface area contributed by atoms with E-state index in [0.29, 0.717) is 11.0 Å². The Kier molecular flexibility index (Phi) is 3.92. The Labute approximate surface area is 121 Å². The zero-order valence-electron chi connectivity index (χ0n) is 9.65. The fourth-order valence-corrected chi connectivity index (χ4v) is 2.73. The summed E-state index contributed by atoms with van der Waals surface area (Å²) in [4.78, 5) is 12.0. The van der Waals surface area contributed by atoms with Crippen LogP contribution in [0.5, 0.6) is 5.75 Å². The van der Waals surface area contributed by atoms with Gasteiger partial charge in [0.1, 0.15) is 5.75 Å². The number of hydrogen-bond donors (Lipinski definition) is 1. The molecule has 5 heteroatoms. The van der Waals surface area contributed by atoms with Crippen LogP contribution >= 0.6 is 31.9 Å². The van der Waals surface area contributed by atoms with E-state index in [1.165, 1.54) is 0 Å². The van der Waals surface area contributed by atoms with Gasteiger partial charge in [0.05, 0.1) is 10.2 Å². The van der Waals surface area contributed by atoms with Crippen LogP contribution in [0, 0.1) is 0 Å². The molecule has 0 spiro atoms. The summed E-state index contributed by atoms with van der Waals surface area (Å²) in [5.41, 5.74) is 1.63. The molecule has 0 aliphatic rings. The van der Waals surface area contributed by atoms with Crippen molar-refractivity contribution in [2.24, 2.45) is 0 Å². The Hall–Kier alpha value is -1.07. The van der Waals surface area contributed by atoms with E-state index in [2.05, 4.69) is 31.9 Å². The van der Waals surface area contributed by atoms with E-state index >= 15 is 0 Å². The second-order valence-electron chi connectivity index (χ2n) is 3.78. The van der Waals surface area contributed by atoms with Crippen molar-refractivity contribution < 1.29 is 5.11 Å². The number of phenolic OH excluding ortho intramolecular Hbond substituents is 1. The number of pyridine rings is 1. The summed E-state index contributed by atoms with van der Waals surface area (Å²) in [6, 6.07) is 8.62. The van der Waals surface area contributed by atoms with Crippen molar-refractivity contribution in [3.63, 3.8) is 0 Å². The molecule has 2 aromatic rings. The third-order valence-corrected chi connectivity index (χ3v) is 3.93. The smallest absolute Gasteiger partial charge is 0.265 e. The van der Waals surface area contributed by atoms with Crippen molar-refractivity contribution in [3.8, 4) is 17.0 Å². The van der Waals surface area contributed by atoms with Gasteiger partial charge in [-0.3, -0.25) is 4.79 Å². The highest BCUT2D eigenvalue weighted by Crippen LogP contribution is 2.30. The number of rotatable bonds is 2. The second kappa shape index (κ2) is 5.28. The lowest BCUT2D eigenvalue weighted by atomic mass is 10.1. The number of halogens is 2. The lowest BCUT2D eigenvalue weighted by Crippen LogP contribution is -2.21. The van der Waals surface area contributed by atoms with Crippen LogP contribution in [0.15, 0.2) is 44.1 Å². The van der Waals surface area contributed by atoms with E-state index in [4.69, 9.17) is 0 Å². The highest BCUT2D eigenvalue weighted by atomic mass is 79.9. The number of phenols is 1. The maximum Gasteiger partial charge on any atom is 0.265 e. The molecule has 0 bridgehead atoms. The summed E-state index contributed by atoms with van der Waals surface area (Å²) < 4.78 is 2.98. The zero-order valence-corrected chi connectivity index (χ0v) is 12.8. The third kappa shape index (κ3) is 2.37. The molecule has 1 N–H and O–H groups in total. The van der Waals surface area contributed by atoms with Gasteiger partial charge in [-0.1, -0.05) is 0 Å². The van der Waals surface area contributed by atoms with Gasteiger partial charge in [0.15, 0.2) is 0 Å². The van der Waals surface area contributed by atoms with E-state index in [1.807, 2.05) is 13.0 Å². The molecular weight excluding hydrogens is 362 g/mol. The molecule has 0 radical (unpaired) electrons. The Bertz CT molecular complexity index is 650. The van der Waals surface area contributed by atoms with Gasteiger partial charge in [0.25, 0.3) is 5.56 Å². The van der Waals surface area contributed by atoms with Crippen LogP contribution in [-0.4, -0.2) is 9.67 Å². The van der Waals surface area contributed by atoms with E-state index < -0.39 is 0 Å². The lowest BCUT2D eigenvalue weighted by Gasteiger charge is -2.13. The van der Waals surface area contributed by atoms with Crippen molar-refractivity contribution in [2.45, 2.75) is 13.5 Å². The van der Waals surface area contributed by atoms with Gasteiger partial charge in [0.2, 0.25) is 0 Å². The quantitative estimate of drug-likeness (QED) is 0.871. The molecule has 2 rings (SSSR count). The molecule has 18 heavy (non-hydrogen) atoms. The number of nitrogens with zero attached hydrogens (tertiary/aromatic N) is 1. The summed E-state index contributed by atoms with van der Waals surface area (Å²) in [6.45, 7) is 2.51. The van der Waals surface area contributed by atoms with Gasteiger partial charge in [-0.15, -0.1) is 0 Å². The van der Waals surface area contributed by atoms with Gasteiger partial charge in [-0.25, -0.2) is 0 Å². The zero-order chi connectivity index (χ0) is 13.3. The predicted octanol–water partition coefficient (Wildman–Crippen LogP) is 3.77. The molecule has 0 atom stereocenters. The SMILES string of the molecule is CCn1c(-c2ccc(O)cc2Br)ccc(Br)c1=O.